The van der Waals surface area contributed by atoms with Crippen LogP contribution >= 0.6 is 35.1 Å². The minimum absolute atomic E-state index is 0.180. The SMILES string of the molecule is FC(F)Oc1ccc2c(c1)nc(C(F)(F)F)n2SC(F)(Cl)Cl. The van der Waals surface area contributed by atoms with Crippen LogP contribution in [0.2, 0.25) is 0 Å². The number of rotatable bonds is 4. The van der Waals surface area contributed by atoms with Crippen molar-refractivity contribution in [3.05, 3.63) is 24.0 Å². The van der Waals surface area contributed by atoms with E-state index in [1.807, 2.05) is 0 Å². The third-order valence-electron chi connectivity index (χ3n) is 2.26. The number of benzene rings is 1. The van der Waals surface area contributed by atoms with E-state index in [2.05, 4.69) is 9.72 Å². The molecule has 0 saturated carbocycles. The molecule has 1 aromatic heterocycles. The average molecular weight is 385 g/mol. The highest BCUT2D eigenvalue weighted by atomic mass is 35.5. The number of halogens is 8. The summed E-state index contributed by atoms with van der Waals surface area (Å²) in [4.78, 5) is 3.24. The molecular weight excluding hydrogens is 381 g/mol. The largest absolute Gasteiger partial charge is 0.450 e. The zero-order valence-electron chi connectivity index (χ0n) is 10.0. The number of fused-ring (bicyclic) bond motifs is 1. The highest BCUT2D eigenvalue weighted by Gasteiger charge is 2.40. The Bertz CT molecular complexity index is 684. The highest BCUT2D eigenvalue weighted by molar-refractivity contribution is 8.01. The molecule has 0 aliphatic carbocycles. The summed E-state index contributed by atoms with van der Waals surface area (Å²) in [6, 6.07) is 2.84. The van der Waals surface area contributed by atoms with Crippen LogP contribution in [0.1, 0.15) is 5.82 Å². The molecule has 1 heterocycles. The van der Waals surface area contributed by atoms with Gasteiger partial charge in [-0.1, -0.05) is 23.2 Å². The van der Waals surface area contributed by atoms with E-state index in [1.165, 1.54) is 0 Å². The minimum atomic E-state index is -4.94. The predicted octanol–water partition coefficient (Wildman–Crippen LogP) is 5.21. The number of ether oxygens (including phenoxy) is 1. The Hall–Kier alpha value is -1.00. The standard InChI is InChI=1S/C10H4Cl2F6N2OS/c11-10(12,18)22-20-6-2-1-4(21-8(13)14)3-5(6)19-7(20)9(15,16)17/h1-3,8H. The summed E-state index contributed by atoms with van der Waals surface area (Å²) in [7, 11) is 0. The van der Waals surface area contributed by atoms with E-state index in [0.29, 0.717) is 3.97 Å². The molecule has 3 nitrogen and oxygen atoms in total. The molecule has 2 aromatic rings. The number of aromatic nitrogens is 2. The smallest absolute Gasteiger partial charge is 0.435 e. The fourth-order valence-electron chi connectivity index (χ4n) is 1.59. The second-order valence-electron chi connectivity index (χ2n) is 3.79. The summed E-state index contributed by atoms with van der Waals surface area (Å²) < 4.78 is 77.5. The predicted molar refractivity (Wildman–Crippen MR) is 69.9 cm³/mol. The maximum absolute atomic E-state index is 13.3. The van der Waals surface area contributed by atoms with Crippen molar-refractivity contribution in [1.82, 2.24) is 8.96 Å². The zero-order valence-corrected chi connectivity index (χ0v) is 12.4. The summed E-state index contributed by atoms with van der Waals surface area (Å²) in [5, 5.41) is 0. The molecule has 12 heteroatoms. The Balaban J connectivity index is 2.58. The quantitative estimate of drug-likeness (QED) is 0.534. The van der Waals surface area contributed by atoms with Gasteiger partial charge in [-0.3, -0.25) is 3.97 Å². The Labute approximate surface area is 133 Å². The van der Waals surface area contributed by atoms with Crippen LogP contribution in [0, 0.1) is 0 Å². The molecule has 0 spiro atoms. The van der Waals surface area contributed by atoms with Crippen molar-refractivity contribution in [3.8, 4) is 5.75 Å². The van der Waals surface area contributed by atoms with Crippen LogP contribution in [0.15, 0.2) is 18.2 Å². The Morgan fingerprint density at radius 2 is 1.82 bits per heavy atom. The second kappa shape index (κ2) is 5.89. The van der Waals surface area contributed by atoms with Crippen molar-refractivity contribution in [2.45, 2.75) is 16.7 Å². The topological polar surface area (TPSA) is 27.1 Å². The van der Waals surface area contributed by atoms with Gasteiger partial charge in [-0.25, -0.2) is 4.98 Å². The van der Waals surface area contributed by atoms with Crippen LogP contribution < -0.4 is 4.74 Å². The van der Waals surface area contributed by atoms with Crippen molar-refractivity contribution in [2.24, 2.45) is 0 Å². The monoisotopic (exact) mass is 384 g/mol. The average Bonchev–Trinajstić information content (AvgIpc) is 2.64. The third-order valence-corrected chi connectivity index (χ3v) is 3.43. The first-order chi connectivity index (χ1) is 9.97. The molecule has 2 rings (SSSR count). The van der Waals surface area contributed by atoms with Crippen molar-refractivity contribution < 1.29 is 31.1 Å². The molecule has 0 atom stereocenters. The molecule has 0 bridgehead atoms. The van der Waals surface area contributed by atoms with Gasteiger partial charge in [0.2, 0.25) is 5.82 Å². The van der Waals surface area contributed by atoms with Crippen LogP contribution in [0.5, 0.6) is 5.75 Å². The summed E-state index contributed by atoms with van der Waals surface area (Å²) >= 11 is 9.96. The number of hydrogen-bond donors (Lipinski definition) is 0. The minimum Gasteiger partial charge on any atom is -0.435 e. The molecule has 0 aliphatic heterocycles. The van der Waals surface area contributed by atoms with Gasteiger partial charge in [-0.2, -0.15) is 26.3 Å². The fraction of sp³-hybridized carbons (Fsp3) is 0.300. The summed E-state index contributed by atoms with van der Waals surface area (Å²) in [6.07, 6.45) is -4.94. The number of nitrogens with zero attached hydrogens (tertiary/aromatic N) is 2. The van der Waals surface area contributed by atoms with Gasteiger partial charge in [0.05, 0.1) is 11.0 Å². The fourth-order valence-corrected chi connectivity index (χ4v) is 2.69. The van der Waals surface area contributed by atoms with Gasteiger partial charge < -0.3 is 4.74 Å². The van der Waals surface area contributed by atoms with E-state index < -0.39 is 28.3 Å². The van der Waals surface area contributed by atoms with Gasteiger partial charge in [0.15, 0.2) is 0 Å². The van der Waals surface area contributed by atoms with Crippen LogP contribution in [-0.2, 0) is 6.18 Å². The van der Waals surface area contributed by atoms with Gasteiger partial charge in [0, 0.05) is 18.0 Å². The van der Waals surface area contributed by atoms with Gasteiger partial charge in [0.1, 0.15) is 5.75 Å². The first-order valence-electron chi connectivity index (χ1n) is 5.28. The lowest BCUT2D eigenvalue weighted by Crippen LogP contribution is -2.14. The van der Waals surface area contributed by atoms with Gasteiger partial charge in [-0.05, 0) is 12.1 Å². The van der Waals surface area contributed by atoms with E-state index in [0.717, 1.165) is 18.2 Å². The maximum Gasteiger partial charge on any atom is 0.450 e. The molecular formula is C10H4Cl2F6N2OS. The molecule has 0 fully saturated rings. The normalized spacial score (nSPS) is 13.1. The van der Waals surface area contributed by atoms with E-state index in [9.17, 15) is 26.3 Å². The number of imidazole rings is 1. The van der Waals surface area contributed by atoms with Crippen LogP contribution in [0.25, 0.3) is 11.0 Å². The van der Waals surface area contributed by atoms with Crippen molar-refractivity contribution in [3.63, 3.8) is 0 Å². The third kappa shape index (κ3) is 4.05. The molecule has 0 aliphatic rings. The van der Waals surface area contributed by atoms with E-state index in [4.69, 9.17) is 23.2 Å². The van der Waals surface area contributed by atoms with Gasteiger partial charge in [-0.15, -0.1) is 0 Å². The van der Waals surface area contributed by atoms with E-state index >= 15 is 0 Å². The maximum atomic E-state index is 13.3. The summed E-state index contributed by atoms with van der Waals surface area (Å²) in [6.45, 7) is -3.15. The molecule has 0 saturated heterocycles. The highest BCUT2D eigenvalue weighted by Crippen LogP contribution is 2.43. The summed E-state index contributed by atoms with van der Waals surface area (Å²) in [5.41, 5.74) is -0.558. The first kappa shape index (κ1) is 17.4. The van der Waals surface area contributed by atoms with E-state index in [1.54, 1.807) is 0 Å². The van der Waals surface area contributed by atoms with Crippen LogP contribution in [-0.4, -0.2) is 19.5 Å². The number of alkyl halides is 8. The Kier molecular flexibility index (Phi) is 4.65. The van der Waals surface area contributed by atoms with Gasteiger partial charge >= 0.3 is 16.7 Å². The van der Waals surface area contributed by atoms with E-state index in [-0.39, 0.29) is 23.0 Å². The molecule has 0 unspecified atom stereocenters. The molecule has 0 amide bonds. The first-order valence-corrected chi connectivity index (χ1v) is 6.81. The zero-order chi connectivity index (χ0) is 16.7. The lowest BCUT2D eigenvalue weighted by Gasteiger charge is -2.13. The summed E-state index contributed by atoms with van der Waals surface area (Å²) in [5.74, 6) is -1.89. The lowest BCUT2D eigenvalue weighted by atomic mass is 10.3. The molecule has 0 N–H and O–H groups in total. The lowest BCUT2D eigenvalue weighted by molar-refractivity contribution is -0.144. The van der Waals surface area contributed by atoms with Crippen LogP contribution in [0.4, 0.5) is 26.3 Å². The Morgan fingerprint density at radius 3 is 2.32 bits per heavy atom. The van der Waals surface area contributed by atoms with Crippen molar-refractivity contribution in [2.75, 3.05) is 0 Å². The molecule has 122 valence electrons. The number of hydrogen-bond acceptors (Lipinski definition) is 3. The molecule has 0 radical (unpaired) electrons. The molecule has 1 aromatic carbocycles. The van der Waals surface area contributed by atoms with Gasteiger partial charge in [0.25, 0.3) is 0 Å². The van der Waals surface area contributed by atoms with Crippen LogP contribution in [0.3, 0.4) is 0 Å². The van der Waals surface area contributed by atoms with Crippen molar-refractivity contribution >= 4 is 46.2 Å². The molecule has 22 heavy (non-hydrogen) atoms. The Morgan fingerprint density at radius 1 is 1.18 bits per heavy atom. The van der Waals surface area contributed by atoms with Crippen molar-refractivity contribution in [1.29, 1.82) is 0 Å². The second-order valence-corrected chi connectivity index (χ2v) is 6.59.